The zero-order valence-corrected chi connectivity index (χ0v) is 48.9. The monoisotopic (exact) mass is 1180 g/mol. The maximum absolute atomic E-state index is 13.8. The lowest BCUT2D eigenvalue weighted by Crippen LogP contribution is -2.54. The Labute approximate surface area is 499 Å². The van der Waals surface area contributed by atoms with Gasteiger partial charge in [-0.25, -0.2) is 14.6 Å². The van der Waals surface area contributed by atoms with Crippen LogP contribution in [0, 0.1) is 5.92 Å². The fourth-order valence-corrected chi connectivity index (χ4v) is 9.41. The maximum Gasteiger partial charge on any atom is 0.408 e. The zero-order valence-electron chi connectivity index (χ0n) is 48.9. The van der Waals surface area contributed by atoms with E-state index in [1.807, 2.05) is 49.1 Å². The first kappa shape index (κ1) is 65.4. The highest BCUT2D eigenvalue weighted by molar-refractivity contribution is 6.13. The number of unbranched alkanes of at least 4 members (excludes halogenated alkanes) is 2. The number of pyridine rings is 1. The Bertz CT molecular complexity index is 3160. The minimum absolute atomic E-state index is 0.0116. The number of nitrogens with two attached hydrogens (primary N) is 2. The van der Waals surface area contributed by atoms with Crippen LogP contribution in [0.15, 0.2) is 114 Å². The van der Waals surface area contributed by atoms with Gasteiger partial charge in [-0.2, -0.15) is 0 Å². The number of hydrogen-bond donors (Lipinski definition) is 9. The number of anilines is 2. The Hall–Kier alpha value is -9.74. The van der Waals surface area contributed by atoms with Crippen LogP contribution in [-0.2, 0) is 57.9 Å². The number of primary amides is 1. The molecular formula is C62H77N13O11. The number of urea groups is 1. The van der Waals surface area contributed by atoms with Gasteiger partial charge >= 0.3 is 12.1 Å². The Kier molecular flexibility index (Phi) is 25.0. The SMILES string of the molecule is CCCN(CCC)C(=O)C1=Cc2ccc(C(=O)Nc3cncc(CNC(=O)C(Cc4ccccc4)NC(=O)OCc4ccc(NC(=O)[C@H](CCCNC(N)=O)NC(=O)[C@@H](NC(=O)CCCCCN5C(=O)C=CC5=O)C(C)C)cc4)c3)cc2N=C(N)C1. The first-order chi connectivity index (χ1) is 41.3. The summed E-state index contributed by atoms with van der Waals surface area (Å²) in [6.07, 6.45) is 10.2. The lowest BCUT2D eigenvalue weighted by Gasteiger charge is -2.25. The van der Waals surface area contributed by atoms with Crippen LogP contribution in [0.2, 0.25) is 0 Å². The minimum Gasteiger partial charge on any atom is -0.445 e. The highest BCUT2D eigenvalue weighted by Crippen LogP contribution is 2.29. The highest BCUT2D eigenvalue weighted by atomic mass is 16.5. The number of rotatable bonds is 31. The molecule has 1 unspecified atom stereocenters. The molecule has 2 aliphatic heterocycles. The Morgan fingerprint density at radius 3 is 2.13 bits per heavy atom. The summed E-state index contributed by atoms with van der Waals surface area (Å²) in [6.45, 7) is 8.93. The van der Waals surface area contributed by atoms with Gasteiger partial charge in [-0.05, 0) is 97.5 Å². The topological polar surface area (TPSA) is 348 Å². The van der Waals surface area contributed by atoms with E-state index in [1.165, 1.54) is 24.5 Å². The molecule has 0 spiro atoms. The molecule has 4 aromatic rings. The van der Waals surface area contributed by atoms with Crippen molar-refractivity contribution in [2.45, 2.75) is 123 Å². The van der Waals surface area contributed by atoms with Gasteiger partial charge < -0.3 is 58.3 Å². The number of carbonyl (C=O) groups is 10. The number of aromatic nitrogens is 1. The molecule has 86 heavy (non-hydrogen) atoms. The van der Waals surface area contributed by atoms with Gasteiger partial charge in [0, 0.05) is 92.7 Å². The average molecular weight is 1180 g/mol. The number of benzene rings is 3. The van der Waals surface area contributed by atoms with Gasteiger partial charge in [-0.3, -0.25) is 48.2 Å². The van der Waals surface area contributed by atoms with Crippen LogP contribution in [0.5, 0.6) is 0 Å². The van der Waals surface area contributed by atoms with Crippen molar-refractivity contribution in [3.8, 4) is 0 Å². The molecule has 11 N–H and O–H groups in total. The van der Waals surface area contributed by atoms with E-state index in [-0.39, 0.29) is 93.7 Å². The second kappa shape index (κ2) is 32.9. The van der Waals surface area contributed by atoms with Crippen LogP contribution in [0.4, 0.5) is 26.7 Å². The number of aliphatic imine (C=N–C) groups is 1. The van der Waals surface area contributed by atoms with Crippen molar-refractivity contribution in [1.82, 2.24) is 41.4 Å². The number of amides is 11. The number of ether oxygens (including phenoxy) is 1. The van der Waals surface area contributed by atoms with Gasteiger partial charge in [0.1, 0.15) is 30.6 Å². The molecule has 24 heteroatoms. The van der Waals surface area contributed by atoms with Crippen LogP contribution < -0.4 is 48.7 Å². The van der Waals surface area contributed by atoms with Crippen molar-refractivity contribution in [3.05, 3.63) is 137 Å². The summed E-state index contributed by atoms with van der Waals surface area (Å²) in [5, 5.41) is 19.1. The van der Waals surface area contributed by atoms with Crippen molar-refractivity contribution in [1.29, 1.82) is 0 Å². The van der Waals surface area contributed by atoms with Crippen LogP contribution in [0.1, 0.15) is 118 Å². The largest absolute Gasteiger partial charge is 0.445 e. The number of imide groups is 1. The quantitative estimate of drug-likeness (QED) is 0.0225. The third-order valence-electron chi connectivity index (χ3n) is 13.9. The van der Waals surface area contributed by atoms with Crippen LogP contribution in [-0.4, -0.2) is 124 Å². The smallest absolute Gasteiger partial charge is 0.408 e. The molecule has 0 saturated carbocycles. The van der Waals surface area contributed by atoms with E-state index in [4.69, 9.17) is 16.2 Å². The summed E-state index contributed by atoms with van der Waals surface area (Å²) in [5.41, 5.74) is 16.0. The Morgan fingerprint density at radius 1 is 0.721 bits per heavy atom. The first-order valence-corrected chi connectivity index (χ1v) is 28.8. The van der Waals surface area contributed by atoms with Crippen LogP contribution in [0.3, 0.4) is 0 Å². The molecule has 6 rings (SSSR count). The van der Waals surface area contributed by atoms with Gasteiger partial charge in [-0.15, -0.1) is 0 Å². The zero-order chi connectivity index (χ0) is 62.1. The van der Waals surface area contributed by atoms with E-state index in [1.54, 1.807) is 68.5 Å². The molecule has 0 radical (unpaired) electrons. The predicted molar refractivity (Wildman–Crippen MR) is 324 cm³/mol. The van der Waals surface area contributed by atoms with E-state index >= 15 is 0 Å². The van der Waals surface area contributed by atoms with E-state index in [9.17, 15) is 47.9 Å². The first-order valence-electron chi connectivity index (χ1n) is 28.8. The molecule has 0 saturated heterocycles. The van der Waals surface area contributed by atoms with Gasteiger partial charge in [0.2, 0.25) is 29.5 Å². The van der Waals surface area contributed by atoms with Gasteiger partial charge in [0.15, 0.2) is 0 Å². The van der Waals surface area contributed by atoms with Crippen LogP contribution >= 0.6 is 0 Å². The molecule has 2 aliphatic rings. The average Bonchev–Trinajstić information content (AvgIpc) is 3.16. The molecule has 456 valence electrons. The fraction of sp³-hybridized carbons (Fsp3) is 0.387. The molecule has 24 nitrogen and oxygen atoms in total. The Balaban J connectivity index is 1.01. The number of hydrogen-bond acceptors (Lipinski definition) is 14. The molecule has 0 aliphatic carbocycles. The second-order valence-corrected chi connectivity index (χ2v) is 21.2. The second-order valence-electron chi connectivity index (χ2n) is 21.2. The molecule has 0 bridgehead atoms. The lowest BCUT2D eigenvalue weighted by atomic mass is 10.0. The molecular weight excluding hydrogens is 1100 g/mol. The summed E-state index contributed by atoms with van der Waals surface area (Å²) in [7, 11) is 0. The van der Waals surface area contributed by atoms with Crippen molar-refractivity contribution in [2.24, 2.45) is 22.4 Å². The normalized spacial score (nSPS) is 13.6. The van der Waals surface area contributed by atoms with E-state index < -0.39 is 53.9 Å². The summed E-state index contributed by atoms with van der Waals surface area (Å²) in [6, 6.07) is 18.2. The van der Waals surface area contributed by atoms with Crippen molar-refractivity contribution < 1.29 is 52.7 Å². The van der Waals surface area contributed by atoms with E-state index in [0.717, 1.165) is 23.3 Å². The molecule has 1 aromatic heterocycles. The molecule has 11 amide bonds. The standard InChI is InChI=1S/C62H77N13O11/c1-5-27-74(28-6-2)60(83)45-32-43-20-21-44(33-49(43)70-51(63)34-45)56(79)69-47-30-42(35-65-37-47)36-67-57(80)50(31-40-14-9-7-10-15-40)72-62(85)86-38-41-18-22-46(23-19-41)68-58(81)48(16-13-26-66-61(64)84)71-59(82)55(39(3)4)73-52(76)17-11-8-12-29-75-53(77)24-25-54(75)78/h7,9-10,14-15,18-25,30,32-33,35,37,39,48,50,55H,5-6,8,11-13,16-17,26-29,31,34,36,38H2,1-4H3,(H2,63,70)(H,67,80)(H,68,81)(H,69,79)(H,71,82)(H,72,85)(H,73,76)(H3,64,66,84)/t48-,50?,55-/m0/s1. The number of nitrogens with zero attached hydrogens (tertiary/aromatic N) is 4. The van der Waals surface area contributed by atoms with Gasteiger partial charge in [-0.1, -0.05) is 82.6 Å². The predicted octanol–water partition coefficient (Wildman–Crippen LogP) is 5.41. The maximum atomic E-state index is 13.8. The molecule has 3 aromatic carbocycles. The van der Waals surface area contributed by atoms with E-state index in [0.29, 0.717) is 77.2 Å². The fourth-order valence-electron chi connectivity index (χ4n) is 9.41. The van der Waals surface area contributed by atoms with Crippen LogP contribution in [0.25, 0.3) is 6.08 Å². The molecule has 3 heterocycles. The summed E-state index contributed by atoms with van der Waals surface area (Å²) >= 11 is 0. The van der Waals surface area contributed by atoms with Crippen molar-refractivity contribution in [2.75, 3.05) is 36.8 Å². The highest BCUT2D eigenvalue weighted by Gasteiger charge is 2.30. The number of alkyl carbamates (subject to hydrolysis) is 1. The lowest BCUT2D eigenvalue weighted by molar-refractivity contribution is -0.137. The summed E-state index contributed by atoms with van der Waals surface area (Å²) in [5.74, 6) is -3.48. The number of carbonyl (C=O) groups excluding carboxylic acids is 10. The molecule has 0 fully saturated rings. The van der Waals surface area contributed by atoms with Gasteiger partial charge in [0.25, 0.3) is 17.7 Å². The number of nitrogens with one attached hydrogen (secondary N) is 7. The van der Waals surface area contributed by atoms with Crippen molar-refractivity contribution in [3.63, 3.8) is 0 Å². The van der Waals surface area contributed by atoms with Gasteiger partial charge in [0.05, 0.1) is 17.6 Å². The third kappa shape index (κ3) is 20.6. The Morgan fingerprint density at radius 2 is 1.44 bits per heavy atom. The van der Waals surface area contributed by atoms with E-state index in [2.05, 4.69) is 47.2 Å². The number of amidine groups is 1. The number of fused-ring (bicyclic) bond motifs is 1. The van der Waals surface area contributed by atoms with Crippen molar-refractivity contribution >= 4 is 88.4 Å². The third-order valence-corrected chi connectivity index (χ3v) is 13.9. The molecule has 3 atom stereocenters. The summed E-state index contributed by atoms with van der Waals surface area (Å²) in [4.78, 5) is 141. The summed E-state index contributed by atoms with van der Waals surface area (Å²) < 4.78 is 5.54. The minimum atomic E-state index is -1.10.